The molecule has 0 aromatic heterocycles. The zero-order valence-electron chi connectivity index (χ0n) is 17.1. The molecule has 1 aromatic carbocycles. The fourth-order valence-electron chi connectivity index (χ4n) is 2.64. The minimum absolute atomic E-state index is 0.167. The number of benzene rings is 1. The highest BCUT2D eigenvalue weighted by molar-refractivity contribution is 6.74. The van der Waals surface area contributed by atoms with Crippen LogP contribution in [0, 0.1) is 33.1 Å². The van der Waals surface area contributed by atoms with Crippen LogP contribution in [0.2, 0.25) is 18.1 Å². The fraction of sp³-hybridized carbons (Fsp3) is 0.611. The third-order valence-electron chi connectivity index (χ3n) is 5.26. The van der Waals surface area contributed by atoms with Crippen LogP contribution in [-0.4, -0.2) is 35.8 Å². The van der Waals surface area contributed by atoms with E-state index in [-0.39, 0.29) is 10.7 Å². The first-order valence-corrected chi connectivity index (χ1v) is 11.8. The van der Waals surface area contributed by atoms with E-state index in [9.17, 15) is 30.1 Å². The Labute approximate surface area is 165 Å². The number of hydrogen-bond donors (Lipinski definition) is 1. The van der Waals surface area contributed by atoms with Crippen molar-refractivity contribution in [1.82, 2.24) is 0 Å². The van der Waals surface area contributed by atoms with E-state index >= 15 is 0 Å². The van der Waals surface area contributed by atoms with Crippen LogP contribution in [0.3, 0.4) is 0 Å². The Hall–Kier alpha value is -2.33. The first-order chi connectivity index (χ1) is 12.7. The maximum Gasteiger partial charge on any atom is 0.303 e. The molecule has 1 N–H and O–H groups in total. The highest BCUT2D eigenvalue weighted by Gasteiger charge is 2.43. The lowest BCUT2D eigenvalue weighted by molar-refractivity contribution is -0.490. The summed E-state index contributed by atoms with van der Waals surface area (Å²) in [5.41, 5.74) is 0.916. The molecule has 0 spiro atoms. The van der Waals surface area contributed by atoms with E-state index in [0.29, 0.717) is 11.1 Å². The first kappa shape index (κ1) is 23.7. The van der Waals surface area contributed by atoms with Crippen molar-refractivity contribution in [1.29, 1.82) is 0 Å². The van der Waals surface area contributed by atoms with Crippen molar-refractivity contribution in [3.63, 3.8) is 0 Å². The van der Waals surface area contributed by atoms with Crippen LogP contribution < -0.4 is 0 Å². The molecular formula is C18H28N2O7Si. The number of carbonyl (C=O) groups is 1. The predicted octanol–water partition coefficient (Wildman–Crippen LogP) is 4.33. The molecular weight excluding hydrogens is 384 g/mol. The van der Waals surface area contributed by atoms with Crippen molar-refractivity contribution in [3.8, 4) is 0 Å². The molecule has 0 amide bonds. The number of rotatable bonds is 9. The topological polar surface area (TPSA) is 133 Å². The quantitative estimate of drug-likeness (QED) is 0.362. The number of nitro groups is 2. The fourth-order valence-corrected chi connectivity index (χ4v) is 3.95. The van der Waals surface area contributed by atoms with Crippen LogP contribution in [0.25, 0.3) is 0 Å². The van der Waals surface area contributed by atoms with Gasteiger partial charge in [-0.05, 0) is 36.2 Å². The summed E-state index contributed by atoms with van der Waals surface area (Å²) in [5.74, 6) is -2.14. The van der Waals surface area contributed by atoms with Gasteiger partial charge in [0.1, 0.15) is 0 Å². The SMILES string of the molecule is Cc1ccc([N+](=O)[O-])cc1C(O[Si](C)(C)C(C)(C)C)C(CC(=O)O)C[N+](=O)[O-]. The molecule has 1 aromatic rings. The average Bonchev–Trinajstić information content (AvgIpc) is 2.50. The number of nitrogens with zero attached hydrogens (tertiary/aromatic N) is 2. The van der Waals surface area contributed by atoms with Gasteiger partial charge in [-0.15, -0.1) is 0 Å². The highest BCUT2D eigenvalue weighted by Crippen LogP contribution is 2.43. The van der Waals surface area contributed by atoms with Gasteiger partial charge in [-0.25, -0.2) is 0 Å². The third-order valence-corrected chi connectivity index (χ3v) is 9.71. The van der Waals surface area contributed by atoms with Crippen LogP contribution in [0.4, 0.5) is 5.69 Å². The molecule has 0 aliphatic heterocycles. The summed E-state index contributed by atoms with van der Waals surface area (Å²) in [6.07, 6.45) is -1.40. The third kappa shape index (κ3) is 6.09. The van der Waals surface area contributed by atoms with Gasteiger partial charge in [-0.2, -0.15) is 0 Å². The Morgan fingerprint density at radius 1 is 1.25 bits per heavy atom. The van der Waals surface area contributed by atoms with Crippen molar-refractivity contribution >= 4 is 20.0 Å². The molecule has 0 aliphatic carbocycles. The number of aryl methyl sites for hydroxylation is 1. The predicted molar refractivity (Wildman–Crippen MR) is 106 cm³/mol. The molecule has 0 bridgehead atoms. The first-order valence-electron chi connectivity index (χ1n) is 8.92. The van der Waals surface area contributed by atoms with Gasteiger partial charge in [0.25, 0.3) is 5.69 Å². The highest BCUT2D eigenvalue weighted by atomic mass is 28.4. The molecule has 0 aliphatic rings. The van der Waals surface area contributed by atoms with E-state index in [1.165, 1.54) is 12.1 Å². The smallest absolute Gasteiger partial charge is 0.303 e. The zero-order valence-corrected chi connectivity index (χ0v) is 18.1. The molecule has 1 rings (SSSR count). The summed E-state index contributed by atoms with van der Waals surface area (Å²) in [7, 11) is -2.47. The molecule has 156 valence electrons. The molecule has 0 fully saturated rings. The molecule has 28 heavy (non-hydrogen) atoms. The molecule has 0 saturated carbocycles. The molecule has 9 nitrogen and oxygen atoms in total. The normalized spacial score (nSPS) is 14.4. The van der Waals surface area contributed by atoms with Crippen LogP contribution in [0.1, 0.15) is 44.4 Å². The summed E-state index contributed by atoms with van der Waals surface area (Å²) in [4.78, 5) is 32.7. The minimum Gasteiger partial charge on any atom is -0.481 e. The van der Waals surface area contributed by atoms with Gasteiger partial charge in [0.15, 0.2) is 8.32 Å². The van der Waals surface area contributed by atoms with Gasteiger partial charge < -0.3 is 9.53 Å². The van der Waals surface area contributed by atoms with Crippen LogP contribution >= 0.6 is 0 Å². The Morgan fingerprint density at radius 3 is 2.25 bits per heavy atom. The Morgan fingerprint density at radius 2 is 1.82 bits per heavy atom. The zero-order chi connectivity index (χ0) is 21.9. The average molecular weight is 413 g/mol. The van der Waals surface area contributed by atoms with Crippen molar-refractivity contribution < 1.29 is 24.2 Å². The summed E-state index contributed by atoms with van der Waals surface area (Å²) >= 11 is 0. The molecule has 0 saturated heterocycles. The minimum atomic E-state index is -2.47. The van der Waals surface area contributed by atoms with Crippen LogP contribution in [0.5, 0.6) is 0 Å². The van der Waals surface area contributed by atoms with Gasteiger partial charge in [-0.3, -0.25) is 25.0 Å². The number of non-ortho nitro benzene ring substituents is 1. The van der Waals surface area contributed by atoms with Crippen molar-refractivity contribution in [2.24, 2.45) is 5.92 Å². The second-order valence-corrected chi connectivity index (χ2v) is 13.2. The van der Waals surface area contributed by atoms with Crippen molar-refractivity contribution in [2.45, 2.75) is 58.4 Å². The number of hydrogen-bond acceptors (Lipinski definition) is 6. The molecule has 0 heterocycles. The summed E-state index contributed by atoms with van der Waals surface area (Å²) in [6.45, 7) is 11.0. The van der Waals surface area contributed by atoms with Crippen molar-refractivity contribution in [3.05, 3.63) is 49.6 Å². The van der Waals surface area contributed by atoms with Crippen LogP contribution in [0.15, 0.2) is 18.2 Å². The monoisotopic (exact) mass is 412 g/mol. The summed E-state index contributed by atoms with van der Waals surface area (Å²) in [5, 5.41) is 31.5. The largest absolute Gasteiger partial charge is 0.481 e. The van der Waals surface area contributed by atoms with E-state index in [1.807, 2.05) is 33.9 Å². The number of carboxylic acid groups (broad SMARTS) is 1. The van der Waals surface area contributed by atoms with Gasteiger partial charge in [0.05, 0.1) is 23.4 Å². The lowest BCUT2D eigenvalue weighted by atomic mass is 9.90. The van der Waals surface area contributed by atoms with Crippen LogP contribution in [-0.2, 0) is 9.22 Å². The van der Waals surface area contributed by atoms with E-state index in [4.69, 9.17) is 4.43 Å². The maximum absolute atomic E-state index is 11.4. The Balaban J connectivity index is 3.58. The van der Waals surface area contributed by atoms with Gasteiger partial charge in [0.2, 0.25) is 6.54 Å². The van der Waals surface area contributed by atoms with E-state index < -0.39 is 49.1 Å². The van der Waals surface area contributed by atoms with E-state index in [0.717, 1.165) is 0 Å². The Bertz CT molecular complexity index is 743. The Kier molecular flexibility index (Phi) is 7.43. The van der Waals surface area contributed by atoms with Gasteiger partial charge in [-0.1, -0.05) is 26.8 Å². The van der Waals surface area contributed by atoms with E-state index in [1.54, 1.807) is 13.0 Å². The summed E-state index contributed by atoms with van der Waals surface area (Å²) in [6, 6.07) is 4.24. The molecule has 2 atom stereocenters. The maximum atomic E-state index is 11.4. The number of aliphatic carboxylic acids is 1. The molecule has 2 unspecified atom stereocenters. The number of nitro benzene ring substituents is 1. The lowest BCUT2D eigenvalue weighted by Crippen LogP contribution is -2.44. The van der Waals surface area contributed by atoms with Gasteiger partial charge in [0, 0.05) is 17.1 Å². The standard InChI is InChI=1S/C18H28N2O7Si/c1-12-7-8-14(20(25)26)10-15(12)17(27-28(5,6)18(2,3)4)13(9-16(21)22)11-19(23)24/h7-8,10,13,17H,9,11H2,1-6H3,(H,21,22). The van der Waals surface area contributed by atoms with Gasteiger partial charge >= 0.3 is 5.97 Å². The van der Waals surface area contributed by atoms with E-state index in [2.05, 4.69) is 0 Å². The molecule has 0 radical (unpaired) electrons. The molecule has 10 heteroatoms. The second kappa shape index (κ2) is 8.78. The number of carboxylic acids is 1. The summed E-state index contributed by atoms with van der Waals surface area (Å²) < 4.78 is 6.42. The van der Waals surface area contributed by atoms with Crippen molar-refractivity contribution in [2.75, 3.05) is 6.54 Å². The lowest BCUT2D eigenvalue weighted by Gasteiger charge is -2.41. The second-order valence-electron chi connectivity index (χ2n) is 8.47.